The molecule has 28 heavy (non-hydrogen) atoms. The Labute approximate surface area is 159 Å². The summed E-state index contributed by atoms with van der Waals surface area (Å²) in [6.45, 7) is 2.97. The van der Waals surface area contributed by atoms with E-state index in [2.05, 4.69) is 15.3 Å². The fourth-order valence-electron chi connectivity index (χ4n) is 3.27. The molecule has 6 nitrogen and oxygen atoms in total. The SMILES string of the molecule is Cc1cc(=O)[nH]c(N2CCC(NC(=O)Cc3cccc(C(F)(F)F)c3)CC2)n1. The van der Waals surface area contributed by atoms with Gasteiger partial charge in [0.25, 0.3) is 5.56 Å². The summed E-state index contributed by atoms with van der Waals surface area (Å²) in [7, 11) is 0. The van der Waals surface area contributed by atoms with Crippen LogP contribution in [0.25, 0.3) is 0 Å². The number of aromatic amines is 1. The number of aryl methyl sites for hydroxylation is 1. The Hall–Kier alpha value is -2.84. The predicted octanol–water partition coefficient (Wildman–Crippen LogP) is 2.42. The molecule has 1 amide bonds. The summed E-state index contributed by atoms with van der Waals surface area (Å²) in [5, 5.41) is 2.88. The van der Waals surface area contributed by atoms with Gasteiger partial charge in [-0.25, -0.2) is 4.98 Å². The summed E-state index contributed by atoms with van der Waals surface area (Å²) >= 11 is 0. The van der Waals surface area contributed by atoms with E-state index in [-0.39, 0.29) is 23.9 Å². The molecule has 1 aliphatic rings. The van der Waals surface area contributed by atoms with E-state index in [0.717, 1.165) is 12.1 Å². The number of aromatic nitrogens is 2. The molecule has 2 heterocycles. The highest BCUT2D eigenvalue weighted by atomic mass is 19.4. The number of H-pyrrole nitrogens is 1. The summed E-state index contributed by atoms with van der Waals surface area (Å²) in [6, 6.07) is 6.16. The minimum atomic E-state index is -4.43. The van der Waals surface area contributed by atoms with Crippen LogP contribution in [0, 0.1) is 6.92 Å². The van der Waals surface area contributed by atoms with E-state index in [1.165, 1.54) is 18.2 Å². The lowest BCUT2D eigenvalue weighted by molar-refractivity contribution is -0.137. The summed E-state index contributed by atoms with van der Waals surface area (Å²) < 4.78 is 38.3. The molecule has 1 aromatic heterocycles. The molecule has 0 atom stereocenters. The zero-order valence-corrected chi connectivity index (χ0v) is 15.3. The van der Waals surface area contributed by atoms with E-state index in [1.54, 1.807) is 6.92 Å². The van der Waals surface area contributed by atoms with Gasteiger partial charge in [-0.1, -0.05) is 18.2 Å². The van der Waals surface area contributed by atoms with E-state index in [4.69, 9.17) is 0 Å². The van der Waals surface area contributed by atoms with E-state index in [9.17, 15) is 22.8 Å². The first-order chi connectivity index (χ1) is 13.2. The second-order valence-corrected chi connectivity index (χ2v) is 6.91. The predicted molar refractivity (Wildman–Crippen MR) is 98.1 cm³/mol. The third kappa shape index (κ3) is 5.11. The minimum Gasteiger partial charge on any atom is -0.353 e. The van der Waals surface area contributed by atoms with Crippen molar-refractivity contribution in [2.45, 2.75) is 38.4 Å². The van der Waals surface area contributed by atoms with Gasteiger partial charge in [-0.2, -0.15) is 13.2 Å². The molecule has 1 aromatic carbocycles. The highest BCUT2D eigenvalue weighted by Crippen LogP contribution is 2.29. The molecule has 150 valence electrons. The number of hydrogen-bond donors (Lipinski definition) is 2. The normalized spacial score (nSPS) is 15.5. The lowest BCUT2D eigenvalue weighted by Gasteiger charge is -2.32. The summed E-state index contributed by atoms with van der Waals surface area (Å²) in [4.78, 5) is 32.8. The number of nitrogens with one attached hydrogen (secondary N) is 2. The van der Waals surface area contributed by atoms with Crippen LogP contribution in [0.4, 0.5) is 19.1 Å². The van der Waals surface area contributed by atoms with E-state index in [1.807, 2.05) is 4.90 Å². The smallest absolute Gasteiger partial charge is 0.353 e. The Kier molecular flexibility index (Phi) is 5.71. The van der Waals surface area contributed by atoms with Crippen molar-refractivity contribution in [3.05, 3.63) is 57.5 Å². The molecule has 2 N–H and O–H groups in total. The number of hydrogen-bond acceptors (Lipinski definition) is 4. The summed E-state index contributed by atoms with van der Waals surface area (Å²) in [5.41, 5.74) is -0.00803. The number of carbonyl (C=O) groups excluding carboxylic acids is 1. The van der Waals surface area contributed by atoms with Crippen molar-refractivity contribution in [2.75, 3.05) is 18.0 Å². The maximum atomic E-state index is 12.8. The molecule has 1 aliphatic heterocycles. The Morgan fingerprint density at radius 2 is 2.00 bits per heavy atom. The number of amides is 1. The molecule has 2 aromatic rings. The molecule has 0 unspecified atom stereocenters. The molecule has 1 saturated heterocycles. The molecular formula is C19H21F3N4O2. The fraction of sp³-hybridized carbons (Fsp3) is 0.421. The third-order valence-corrected chi connectivity index (χ3v) is 4.64. The summed E-state index contributed by atoms with van der Waals surface area (Å²) in [6.07, 6.45) is -3.21. The van der Waals surface area contributed by atoms with Gasteiger partial charge in [0.05, 0.1) is 12.0 Å². The van der Waals surface area contributed by atoms with Gasteiger partial charge in [-0.05, 0) is 31.4 Å². The van der Waals surface area contributed by atoms with E-state index in [0.29, 0.717) is 43.1 Å². The minimum absolute atomic E-state index is 0.0638. The topological polar surface area (TPSA) is 78.1 Å². The van der Waals surface area contributed by atoms with Crippen molar-refractivity contribution in [2.24, 2.45) is 0 Å². The van der Waals surface area contributed by atoms with Gasteiger partial charge in [-0.3, -0.25) is 14.6 Å². The van der Waals surface area contributed by atoms with Crippen LogP contribution in [0.3, 0.4) is 0 Å². The largest absolute Gasteiger partial charge is 0.416 e. The average Bonchev–Trinajstić information content (AvgIpc) is 2.61. The molecule has 0 saturated carbocycles. The average molecular weight is 394 g/mol. The van der Waals surface area contributed by atoms with Gasteiger partial charge in [0, 0.05) is 30.9 Å². The van der Waals surface area contributed by atoms with Crippen molar-refractivity contribution >= 4 is 11.9 Å². The van der Waals surface area contributed by atoms with Crippen molar-refractivity contribution in [1.29, 1.82) is 0 Å². The van der Waals surface area contributed by atoms with E-state index < -0.39 is 11.7 Å². The number of benzene rings is 1. The highest BCUT2D eigenvalue weighted by molar-refractivity contribution is 5.79. The van der Waals surface area contributed by atoms with Crippen LogP contribution in [0.2, 0.25) is 0 Å². The van der Waals surface area contributed by atoms with Gasteiger partial charge >= 0.3 is 6.18 Å². The van der Waals surface area contributed by atoms with Crippen LogP contribution in [0.1, 0.15) is 29.7 Å². The number of nitrogens with zero attached hydrogens (tertiary/aromatic N) is 2. The molecular weight excluding hydrogens is 373 g/mol. The van der Waals surface area contributed by atoms with Gasteiger partial charge in [-0.15, -0.1) is 0 Å². The molecule has 9 heteroatoms. The second-order valence-electron chi connectivity index (χ2n) is 6.91. The Bertz CT molecular complexity index is 903. The van der Waals surface area contributed by atoms with Gasteiger partial charge in [0.2, 0.25) is 11.9 Å². The standard InChI is InChI=1S/C19H21F3N4O2/c1-12-9-16(27)25-18(23-12)26-7-5-15(6-8-26)24-17(28)11-13-3-2-4-14(10-13)19(20,21)22/h2-4,9-10,15H,5-8,11H2,1H3,(H,24,28)(H,23,25,27). The first-order valence-corrected chi connectivity index (χ1v) is 8.99. The monoisotopic (exact) mass is 394 g/mol. The highest BCUT2D eigenvalue weighted by Gasteiger charge is 2.30. The molecule has 0 bridgehead atoms. The molecule has 0 spiro atoms. The Morgan fingerprint density at radius 3 is 2.64 bits per heavy atom. The number of anilines is 1. The number of rotatable bonds is 4. The Morgan fingerprint density at radius 1 is 1.29 bits per heavy atom. The quantitative estimate of drug-likeness (QED) is 0.835. The van der Waals surface area contributed by atoms with Crippen LogP contribution in [-0.4, -0.2) is 35.0 Å². The first-order valence-electron chi connectivity index (χ1n) is 8.99. The van der Waals surface area contributed by atoms with Gasteiger partial charge in [0.1, 0.15) is 0 Å². The van der Waals surface area contributed by atoms with Crippen LogP contribution in [0.5, 0.6) is 0 Å². The lowest BCUT2D eigenvalue weighted by Crippen LogP contribution is -2.45. The van der Waals surface area contributed by atoms with Crippen LogP contribution in [-0.2, 0) is 17.4 Å². The number of alkyl halides is 3. The number of carbonyl (C=O) groups is 1. The summed E-state index contributed by atoms with van der Waals surface area (Å²) in [5.74, 6) is 0.207. The Balaban J connectivity index is 1.53. The van der Waals surface area contributed by atoms with Gasteiger partial charge in [0.15, 0.2) is 0 Å². The molecule has 1 fully saturated rings. The first kappa shape index (κ1) is 19.9. The van der Waals surface area contributed by atoms with Crippen molar-refractivity contribution < 1.29 is 18.0 Å². The number of halogens is 3. The molecule has 0 radical (unpaired) electrons. The zero-order valence-electron chi connectivity index (χ0n) is 15.3. The molecule has 3 rings (SSSR count). The van der Waals surface area contributed by atoms with E-state index >= 15 is 0 Å². The third-order valence-electron chi connectivity index (χ3n) is 4.64. The zero-order chi connectivity index (χ0) is 20.3. The van der Waals surface area contributed by atoms with Crippen molar-refractivity contribution in [1.82, 2.24) is 15.3 Å². The van der Waals surface area contributed by atoms with Crippen LogP contribution < -0.4 is 15.8 Å². The van der Waals surface area contributed by atoms with Crippen molar-refractivity contribution in [3.63, 3.8) is 0 Å². The van der Waals surface area contributed by atoms with Crippen LogP contribution >= 0.6 is 0 Å². The van der Waals surface area contributed by atoms with Crippen molar-refractivity contribution in [3.8, 4) is 0 Å². The maximum absolute atomic E-state index is 12.8. The fourth-order valence-corrected chi connectivity index (χ4v) is 3.27. The van der Waals surface area contributed by atoms with Crippen LogP contribution in [0.15, 0.2) is 35.1 Å². The lowest BCUT2D eigenvalue weighted by atomic mass is 10.0. The second kappa shape index (κ2) is 8.04. The number of piperidine rings is 1. The van der Waals surface area contributed by atoms with Gasteiger partial charge < -0.3 is 10.2 Å². The maximum Gasteiger partial charge on any atom is 0.416 e. The molecule has 0 aliphatic carbocycles.